The van der Waals surface area contributed by atoms with Crippen LogP contribution >= 0.6 is 0 Å². The van der Waals surface area contributed by atoms with Crippen LogP contribution in [0.1, 0.15) is 20.8 Å². The van der Waals surface area contributed by atoms with Crippen molar-refractivity contribution in [2.24, 2.45) is 0 Å². The van der Waals surface area contributed by atoms with Crippen molar-refractivity contribution in [3.8, 4) is 0 Å². The molecule has 1 atom stereocenters. The average molecular weight is 231 g/mol. The highest BCUT2D eigenvalue weighted by atomic mass is 19.4. The van der Waals surface area contributed by atoms with Crippen molar-refractivity contribution in [2.45, 2.75) is 38.7 Å². The molecule has 0 fully saturated rings. The number of nitrogens with one attached hydrogen (secondary N) is 1. The minimum atomic E-state index is -4.96. The molecule has 0 aliphatic heterocycles. The Morgan fingerprint density at radius 3 is 2.13 bits per heavy atom. The van der Waals surface area contributed by atoms with E-state index in [1.165, 1.54) is 0 Å². The van der Waals surface area contributed by atoms with Crippen molar-refractivity contribution in [1.82, 2.24) is 5.32 Å². The van der Waals surface area contributed by atoms with Crippen LogP contribution in [0.2, 0.25) is 0 Å². The first-order valence-corrected chi connectivity index (χ1v) is 4.20. The number of carbonyl (C=O) groups excluding carboxylic acids is 1. The summed E-state index contributed by atoms with van der Waals surface area (Å²) in [5, 5.41) is 1.69. The number of hydrogen-bond acceptors (Lipinski definition) is 2. The molecule has 0 bridgehead atoms. The predicted octanol–water partition coefficient (Wildman–Crippen LogP) is 2.41. The highest BCUT2D eigenvalue weighted by molar-refractivity contribution is 5.67. The van der Waals surface area contributed by atoms with Crippen LogP contribution in [0.25, 0.3) is 0 Å². The zero-order valence-electron chi connectivity index (χ0n) is 8.61. The fraction of sp³-hybridized carbons (Fsp3) is 0.875. The quantitative estimate of drug-likeness (QED) is 0.741. The molecule has 0 saturated heterocycles. The van der Waals surface area contributed by atoms with Gasteiger partial charge in [0.25, 0.3) is 0 Å². The second-order valence-electron chi connectivity index (χ2n) is 3.89. The van der Waals surface area contributed by atoms with E-state index in [1.54, 1.807) is 26.1 Å². The van der Waals surface area contributed by atoms with Gasteiger partial charge in [-0.2, -0.15) is 13.2 Å². The summed E-state index contributed by atoms with van der Waals surface area (Å²) in [7, 11) is 0. The molecule has 0 heterocycles. The molecular weight excluding hydrogens is 218 g/mol. The molecule has 0 spiro atoms. The monoisotopic (exact) mass is 231 g/mol. The first kappa shape index (κ1) is 14.0. The van der Waals surface area contributed by atoms with Crippen LogP contribution in [0, 0.1) is 0 Å². The van der Waals surface area contributed by atoms with Gasteiger partial charge < -0.3 is 10.1 Å². The lowest BCUT2D eigenvalue weighted by Crippen LogP contribution is -2.40. The second kappa shape index (κ2) is 4.67. The van der Waals surface area contributed by atoms with Gasteiger partial charge in [0.2, 0.25) is 6.17 Å². The topological polar surface area (TPSA) is 38.3 Å². The third-order valence-corrected chi connectivity index (χ3v) is 1.18. The summed E-state index contributed by atoms with van der Waals surface area (Å²) < 4.78 is 51.9. The largest absolute Gasteiger partial charge is 0.444 e. The molecule has 1 N–H and O–H groups in total. The number of alkyl carbamates (subject to hydrolysis) is 1. The van der Waals surface area contributed by atoms with E-state index >= 15 is 0 Å². The van der Waals surface area contributed by atoms with Crippen molar-refractivity contribution in [3.63, 3.8) is 0 Å². The number of carbonyl (C=O) groups is 1. The normalized spacial score (nSPS) is 14.6. The van der Waals surface area contributed by atoms with E-state index in [-0.39, 0.29) is 0 Å². The summed E-state index contributed by atoms with van der Waals surface area (Å²) in [4.78, 5) is 10.8. The molecule has 0 aromatic heterocycles. The number of hydrogen-bond donors (Lipinski definition) is 1. The lowest BCUT2D eigenvalue weighted by atomic mass is 10.2. The standard InChI is InChI=1S/C8H13F4NO2/c1-7(2,3)15-6(14)13-4-5(9)8(10,11)12/h5H,4H2,1-3H3,(H,13,14). The molecule has 0 aliphatic carbocycles. The number of rotatable bonds is 2. The van der Waals surface area contributed by atoms with Crippen LogP contribution in [0.4, 0.5) is 22.4 Å². The first-order valence-electron chi connectivity index (χ1n) is 4.20. The zero-order chi connectivity index (χ0) is 12.3. The molecule has 0 radical (unpaired) electrons. The summed E-state index contributed by atoms with van der Waals surface area (Å²) in [6.07, 6.45) is -9.12. The third-order valence-electron chi connectivity index (χ3n) is 1.18. The first-order chi connectivity index (χ1) is 6.52. The SMILES string of the molecule is CC(C)(C)OC(=O)NCC(F)C(F)(F)F. The molecule has 15 heavy (non-hydrogen) atoms. The minimum absolute atomic E-state index is 0.825. The number of alkyl halides is 4. The number of halogens is 4. The van der Waals surface area contributed by atoms with Gasteiger partial charge in [0.1, 0.15) is 5.60 Å². The average Bonchev–Trinajstić information content (AvgIpc) is 1.94. The second-order valence-corrected chi connectivity index (χ2v) is 3.89. The molecule has 0 aromatic rings. The van der Waals surface area contributed by atoms with E-state index in [2.05, 4.69) is 4.74 Å². The van der Waals surface area contributed by atoms with Gasteiger partial charge >= 0.3 is 12.3 Å². The summed E-state index contributed by atoms with van der Waals surface area (Å²) >= 11 is 0. The van der Waals surface area contributed by atoms with Crippen molar-refractivity contribution in [3.05, 3.63) is 0 Å². The van der Waals surface area contributed by atoms with Crippen molar-refractivity contribution < 1.29 is 27.1 Å². The van der Waals surface area contributed by atoms with E-state index in [4.69, 9.17) is 0 Å². The molecule has 1 amide bonds. The third kappa shape index (κ3) is 6.98. The highest BCUT2D eigenvalue weighted by Crippen LogP contribution is 2.22. The molecule has 90 valence electrons. The van der Waals surface area contributed by atoms with Crippen LogP contribution in [-0.2, 0) is 4.74 Å². The molecule has 0 rings (SSSR count). The van der Waals surface area contributed by atoms with E-state index < -0.39 is 30.6 Å². The van der Waals surface area contributed by atoms with Crippen LogP contribution < -0.4 is 5.32 Å². The summed E-state index contributed by atoms with van der Waals surface area (Å²) in [5.74, 6) is 0. The molecule has 7 heteroatoms. The van der Waals surface area contributed by atoms with Crippen LogP contribution in [0.3, 0.4) is 0 Å². The van der Waals surface area contributed by atoms with Gasteiger partial charge in [-0.05, 0) is 20.8 Å². The molecule has 3 nitrogen and oxygen atoms in total. The predicted molar refractivity (Wildman–Crippen MR) is 45.2 cm³/mol. The molecule has 1 unspecified atom stereocenters. The maximum absolute atomic E-state index is 12.3. The van der Waals surface area contributed by atoms with Gasteiger partial charge in [-0.1, -0.05) is 0 Å². The smallest absolute Gasteiger partial charge is 0.421 e. The Morgan fingerprint density at radius 1 is 1.33 bits per heavy atom. The van der Waals surface area contributed by atoms with Crippen molar-refractivity contribution >= 4 is 6.09 Å². The fourth-order valence-corrected chi connectivity index (χ4v) is 0.603. The lowest BCUT2D eigenvalue weighted by molar-refractivity contribution is -0.178. The van der Waals surface area contributed by atoms with Gasteiger partial charge in [-0.25, -0.2) is 9.18 Å². The summed E-state index contributed by atoms with van der Waals surface area (Å²) in [5.41, 5.74) is -0.825. The van der Waals surface area contributed by atoms with Crippen molar-refractivity contribution in [1.29, 1.82) is 0 Å². The van der Waals surface area contributed by atoms with E-state index in [0.717, 1.165) is 0 Å². The highest BCUT2D eigenvalue weighted by Gasteiger charge is 2.40. The van der Waals surface area contributed by atoms with Crippen LogP contribution in [0.15, 0.2) is 0 Å². The Labute approximate surface area is 84.8 Å². The summed E-state index contributed by atoms with van der Waals surface area (Å²) in [6, 6.07) is 0. The van der Waals surface area contributed by atoms with Gasteiger partial charge in [0.05, 0.1) is 6.54 Å². The van der Waals surface area contributed by atoms with Gasteiger partial charge in [0, 0.05) is 0 Å². The molecule has 0 aliphatic rings. The van der Waals surface area contributed by atoms with Crippen LogP contribution in [-0.4, -0.2) is 30.6 Å². The van der Waals surface area contributed by atoms with Crippen LogP contribution in [0.5, 0.6) is 0 Å². The van der Waals surface area contributed by atoms with E-state index in [0.29, 0.717) is 0 Å². The molecule has 0 aromatic carbocycles. The summed E-state index contributed by atoms with van der Waals surface area (Å²) in [6.45, 7) is 3.49. The van der Waals surface area contributed by atoms with Gasteiger partial charge in [-0.3, -0.25) is 0 Å². The zero-order valence-corrected chi connectivity index (χ0v) is 8.61. The molecule has 0 saturated carbocycles. The van der Waals surface area contributed by atoms with Gasteiger partial charge in [-0.15, -0.1) is 0 Å². The fourth-order valence-electron chi connectivity index (χ4n) is 0.603. The van der Waals surface area contributed by atoms with Gasteiger partial charge in [0.15, 0.2) is 0 Å². The number of ether oxygens (including phenoxy) is 1. The van der Waals surface area contributed by atoms with E-state index in [9.17, 15) is 22.4 Å². The minimum Gasteiger partial charge on any atom is -0.444 e. The molecular formula is C8H13F4NO2. The Hall–Kier alpha value is -1.01. The van der Waals surface area contributed by atoms with Crippen molar-refractivity contribution in [2.75, 3.05) is 6.54 Å². The van der Waals surface area contributed by atoms with E-state index in [1.807, 2.05) is 0 Å². The number of amides is 1. The lowest BCUT2D eigenvalue weighted by Gasteiger charge is -2.20. The Balaban J connectivity index is 3.92. The Bertz CT molecular complexity index is 222. The Morgan fingerprint density at radius 2 is 1.80 bits per heavy atom. The maximum Gasteiger partial charge on any atom is 0.421 e. The Kier molecular flexibility index (Phi) is 4.36. The maximum atomic E-state index is 12.3.